The van der Waals surface area contributed by atoms with Crippen molar-refractivity contribution in [3.05, 3.63) is 34.3 Å². The van der Waals surface area contributed by atoms with Crippen molar-refractivity contribution in [3.63, 3.8) is 0 Å². The van der Waals surface area contributed by atoms with E-state index in [1.807, 2.05) is 6.07 Å². The average Bonchev–Trinajstić information content (AvgIpc) is 2.04. The zero-order valence-corrected chi connectivity index (χ0v) is 6.60. The molecule has 0 unspecified atom stereocenters. The van der Waals surface area contributed by atoms with Crippen LogP contribution in [0.25, 0.3) is 0 Å². The fraction of sp³-hybridized carbons (Fsp3) is 0.125. The number of nitrogens with zero attached hydrogens (tertiary/aromatic N) is 1. The largest absolute Gasteiger partial charge is 0.192 e. The monoisotopic (exact) mass is 161 g/mol. The third-order valence-electron chi connectivity index (χ3n) is 1.39. The van der Waals surface area contributed by atoms with Gasteiger partial charge in [0.25, 0.3) is 0 Å². The van der Waals surface area contributed by atoms with Gasteiger partial charge in [-0.15, -0.1) is 0 Å². The van der Waals surface area contributed by atoms with Crippen molar-refractivity contribution in [1.29, 1.82) is 5.26 Å². The summed E-state index contributed by atoms with van der Waals surface area (Å²) < 4.78 is 0. The minimum absolute atomic E-state index is 0.450. The van der Waals surface area contributed by atoms with Crippen molar-refractivity contribution in [2.75, 3.05) is 0 Å². The Morgan fingerprint density at radius 1 is 1.55 bits per heavy atom. The van der Waals surface area contributed by atoms with Crippen molar-refractivity contribution in [2.45, 2.75) is 6.32 Å². The molecule has 0 fully saturated rings. The summed E-state index contributed by atoms with van der Waals surface area (Å²) in [6.45, 7) is 0. The van der Waals surface area contributed by atoms with E-state index in [9.17, 15) is 0 Å². The van der Waals surface area contributed by atoms with Crippen LogP contribution >= 0.6 is 11.6 Å². The van der Waals surface area contributed by atoms with Crippen molar-refractivity contribution >= 4 is 19.4 Å². The predicted octanol–water partition coefficient (Wildman–Crippen LogP) is 1.88. The van der Waals surface area contributed by atoms with Crippen LogP contribution in [0.1, 0.15) is 11.1 Å². The van der Waals surface area contributed by atoms with E-state index in [2.05, 4.69) is 0 Å². The lowest BCUT2D eigenvalue weighted by Gasteiger charge is -1.97. The topological polar surface area (TPSA) is 23.8 Å². The Morgan fingerprint density at radius 3 is 2.73 bits per heavy atom. The molecule has 0 saturated heterocycles. The fourth-order valence-corrected chi connectivity index (χ4v) is 1.02. The van der Waals surface area contributed by atoms with Gasteiger partial charge in [-0.2, -0.15) is 5.26 Å². The van der Waals surface area contributed by atoms with Crippen LogP contribution in [0.4, 0.5) is 0 Å². The number of hydrogen-bond acceptors (Lipinski definition) is 1. The number of rotatable bonds is 1. The first-order valence-electron chi connectivity index (χ1n) is 3.16. The number of benzene rings is 1. The number of halogens is 1. The highest BCUT2D eigenvalue weighted by molar-refractivity contribution is 6.31. The Bertz CT molecular complexity index is 303. The van der Waals surface area contributed by atoms with Gasteiger partial charge in [0, 0.05) is 0 Å². The molecule has 3 heteroatoms. The Kier molecular flexibility index (Phi) is 2.56. The number of nitriles is 1. The highest BCUT2D eigenvalue weighted by Gasteiger charge is 1.98. The molecule has 2 radical (unpaired) electrons. The van der Waals surface area contributed by atoms with Crippen molar-refractivity contribution in [2.24, 2.45) is 0 Å². The molecule has 0 saturated carbocycles. The van der Waals surface area contributed by atoms with Crippen molar-refractivity contribution < 1.29 is 0 Å². The first kappa shape index (κ1) is 8.16. The SMILES string of the molecule is [B]Cc1ccc(C#N)c(Cl)c1. The minimum atomic E-state index is 0.450. The first-order chi connectivity index (χ1) is 5.27. The van der Waals surface area contributed by atoms with Crippen LogP contribution in [-0.4, -0.2) is 7.85 Å². The van der Waals surface area contributed by atoms with Gasteiger partial charge in [-0.3, -0.25) is 0 Å². The number of hydrogen-bond donors (Lipinski definition) is 0. The Morgan fingerprint density at radius 2 is 2.27 bits per heavy atom. The highest BCUT2D eigenvalue weighted by Crippen LogP contribution is 2.16. The molecular formula is C8H5BClN. The van der Waals surface area contributed by atoms with Gasteiger partial charge in [-0.05, 0) is 12.1 Å². The molecule has 11 heavy (non-hydrogen) atoms. The fourth-order valence-electron chi connectivity index (χ4n) is 0.776. The minimum Gasteiger partial charge on any atom is -0.192 e. The van der Waals surface area contributed by atoms with Crippen molar-refractivity contribution in [3.8, 4) is 6.07 Å². The summed E-state index contributed by atoms with van der Waals surface area (Å²) >= 11 is 5.73. The maximum Gasteiger partial charge on any atom is 0.101 e. The molecule has 0 aliphatic carbocycles. The normalized spacial score (nSPS) is 9.09. The Balaban J connectivity index is 3.12. The van der Waals surface area contributed by atoms with E-state index < -0.39 is 0 Å². The van der Waals surface area contributed by atoms with E-state index in [1.54, 1.807) is 18.2 Å². The molecule has 1 nitrogen and oxygen atoms in total. The molecule has 0 spiro atoms. The van der Waals surface area contributed by atoms with Gasteiger partial charge in [-0.25, -0.2) is 0 Å². The molecule has 0 amide bonds. The quantitative estimate of drug-likeness (QED) is 0.577. The van der Waals surface area contributed by atoms with Crippen molar-refractivity contribution in [1.82, 2.24) is 0 Å². The third kappa shape index (κ3) is 1.75. The molecule has 0 N–H and O–H groups in total. The molecular weight excluding hydrogens is 156 g/mol. The zero-order valence-electron chi connectivity index (χ0n) is 5.84. The van der Waals surface area contributed by atoms with Gasteiger partial charge in [0.2, 0.25) is 0 Å². The smallest absolute Gasteiger partial charge is 0.101 e. The lowest BCUT2D eigenvalue weighted by molar-refractivity contribution is 1.38. The van der Waals surface area contributed by atoms with Gasteiger partial charge in [0.15, 0.2) is 0 Å². The lowest BCUT2D eigenvalue weighted by Crippen LogP contribution is -1.84. The molecule has 0 bridgehead atoms. The van der Waals surface area contributed by atoms with Gasteiger partial charge in [-0.1, -0.05) is 29.6 Å². The maximum atomic E-state index is 8.52. The predicted molar refractivity (Wildman–Crippen MR) is 45.6 cm³/mol. The molecule has 1 aromatic rings. The van der Waals surface area contributed by atoms with E-state index in [-0.39, 0.29) is 0 Å². The third-order valence-corrected chi connectivity index (χ3v) is 1.70. The summed E-state index contributed by atoms with van der Waals surface area (Å²) in [4.78, 5) is 0. The van der Waals surface area contributed by atoms with Gasteiger partial charge >= 0.3 is 0 Å². The molecule has 1 aromatic carbocycles. The summed E-state index contributed by atoms with van der Waals surface area (Å²) in [7, 11) is 5.37. The molecule has 0 aliphatic rings. The average molecular weight is 161 g/mol. The molecule has 1 rings (SSSR count). The Labute approximate surface area is 72.0 Å². The van der Waals surface area contributed by atoms with Crippen LogP contribution in [0.3, 0.4) is 0 Å². The second-order valence-electron chi connectivity index (χ2n) is 2.13. The van der Waals surface area contributed by atoms with Crippen LogP contribution in [0.5, 0.6) is 0 Å². The van der Waals surface area contributed by atoms with E-state index in [1.165, 1.54) is 0 Å². The summed E-state index contributed by atoms with van der Waals surface area (Å²) in [5.41, 5.74) is 1.43. The van der Waals surface area contributed by atoms with Crippen LogP contribution in [0.15, 0.2) is 18.2 Å². The van der Waals surface area contributed by atoms with E-state index in [0.29, 0.717) is 16.9 Å². The molecule has 0 aliphatic heterocycles. The molecule has 0 atom stereocenters. The van der Waals surface area contributed by atoms with Gasteiger partial charge < -0.3 is 0 Å². The Hall–Kier alpha value is -0.935. The summed E-state index contributed by atoms with van der Waals surface area (Å²) in [6, 6.07) is 7.15. The second-order valence-corrected chi connectivity index (χ2v) is 2.54. The summed E-state index contributed by atoms with van der Waals surface area (Å²) in [6.07, 6.45) is 0.450. The van der Waals surface area contributed by atoms with Crippen LogP contribution < -0.4 is 0 Å². The van der Waals surface area contributed by atoms with Crippen LogP contribution in [0.2, 0.25) is 5.02 Å². The van der Waals surface area contributed by atoms with E-state index >= 15 is 0 Å². The van der Waals surface area contributed by atoms with Gasteiger partial charge in [0.1, 0.15) is 6.07 Å². The van der Waals surface area contributed by atoms with Crippen LogP contribution in [-0.2, 0) is 6.32 Å². The lowest BCUT2D eigenvalue weighted by atomic mass is 9.96. The first-order valence-corrected chi connectivity index (χ1v) is 3.54. The molecule has 52 valence electrons. The molecule has 0 aromatic heterocycles. The summed E-state index contributed by atoms with van der Waals surface area (Å²) in [5.74, 6) is 0. The molecule has 0 heterocycles. The zero-order chi connectivity index (χ0) is 8.27. The summed E-state index contributed by atoms with van der Waals surface area (Å²) in [5, 5.41) is 8.98. The van der Waals surface area contributed by atoms with Crippen LogP contribution in [0, 0.1) is 11.3 Å². The van der Waals surface area contributed by atoms with E-state index in [0.717, 1.165) is 5.56 Å². The van der Waals surface area contributed by atoms with E-state index in [4.69, 9.17) is 24.7 Å². The highest BCUT2D eigenvalue weighted by atomic mass is 35.5. The maximum absolute atomic E-state index is 8.52. The van der Waals surface area contributed by atoms with Gasteiger partial charge in [0.05, 0.1) is 18.4 Å². The standard InChI is InChI=1S/C8H5BClN/c9-4-6-1-2-7(5-11)8(10)3-6/h1-3H,4H2. The second kappa shape index (κ2) is 3.45.